The van der Waals surface area contributed by atoms with Crippen molar-refractivity contribution >= 4 is 17.9 Å². The summed E-state index contributed by atoms with van der Waals surface area (Å²) in [7, 11) is 0. The summed E-state index contributed by atoms with van der Waals surface area (Å²) in [5.74, 6) is 0.166. The Bertz CT molecular complexity index is 753. The summed E-state index contributed by atoms with van der Waals surface area (Å²) >= 11 is 0. The lowest BCUT2D eigenvalue weighted by Gasteiger charge is -2.36. The van der Waals surface area contributed by atoms with E-state index in [0.717, 1.165) is 25.4 Å². The largest absolute Gasteiger partial charge is 0.445 e. The van der Waals surface area contributed by atoms with Gasteiger partial charge in [-0.15, -0.1) is 0 Å². The maximum absolute atomic E-state index is 12.8. The molecule has 0 aliphatic carbocycles. The second-order valence-electron chi connectivity index (χ2n) is 7.57. The number of nitrogens with zero attached hydrogens (tertiary/aromatic N) is 5. The number of carbonyl (C=O) groups is 2. The zero-order valence-electron chi connectivity index (χ0n) is 16.6. The van der Waals surface area contributed by atoms with Crippen LogP contribution in [0.25, 0.3) is 0 Å². The molecule has 9 nitrogen and oxygen atoms in total. The van der Waals surface area contributed by atoms with Crippen molar-refractivity contribution in [2.24, 2.45) is 11.7 Å². The fourth-order valence-corrected chi connectivity index (χ4v) is 3.82. The number of halogens is 3. The average molecular weight is 430 g/mol. The lowest BCUT2D eigenvalue weighted by molar-refractivity contribution is -0.138. The molecule has 12 heteroatoms. The van der Waals surface area contributed by atoms with E-state index in [1.54, 1.807) is 16.7 Å². The molecule has 1 unspecified atom stereocenters. The van der Waals surface area contributed by atoms with Gasteiger partial charge >= 0.3 is 12.3 Å². The van der Waals surface area contributed by atoms with Gasteiger partial charge in [-0.2, -0.15) is 13.2 Å². The Kier molecular flexibility index (Phi) is 6.64. The minimum Gasteiger partial charge on any atom is -0.445 e. The van der Waals surface area contributed by atoms with Crippen LogP contribution in [0.3, 0.4) is 0 Å². The highest BCUT2D eigenvalue weighted by Gasteiger charge is 2.34. The summed E-state index contributed by atoms with van der Waals surface area (Å²) in [6.07, 6.45) is -3.36. The SMILES string of the molecule is CC(CN1CC[C@@H](C(=O)N2CCN(c3ncc(C(F)(F)F)cn3)CC2)C1)OC(N)=O. The Hall–Kier alpha value is -2.63. The highest BCUT2D eigenvalue weighted by atomic mass is 19.4. The summed E-state index contributed by atoms with van der Waals surface area (Å²) in [5.41, 5.74) is 4.13. The number of likely N-dealkylation sites (tertiary alicyclic amines) is 1. The monoisotopic (exact) mass is 430 g/mol. The fourth-order valence-electron chi connectivity index (χ4n) is 3.82. The van der Waals surface area contributed by atoms with Gasteiger partial charge in [0.15, 0.2) is 0 Å². The third-order valence-electron chi connectivity index (χ3n) is 5.29. The smallest absolute Gasteiger partial charge is 0.419 e. The molecule has 30 heavy (non-hydrogen) atoms. The Balaban J connectivity index is 1.47. The van der Waals surface area contributed by atoms with Crippen molar-refractivity contribution in [3.63, 3.8) is 0 Å². The first kappa shape index (κ1) is 22.1. The summed E-state index contributed by atoms with van der Waals surface area (Å²) < 4.78 is 42.8. The van der Waals surface area contributed by atoms with Crippen LogP contribution in [-0.4, -0.2) is 83.7 Å². The number of primary amides is 1. The molecule has 2 aliphatic rings. The predicted molar refractivity (Wildman–Crippen MR) is 101 cm³/mol. The molecule has 0 spiro atoms. The number of carbonyl (C=O) groups excluding carboxylic acids is 2. The number of alkyl halides is 3. The number of ether oxygens (including phenoxy) is 1. The summed E-state index contributed by atoms with van der Waals surface area (Å²) in [6.45, 7) is 5.43. The second kappa shape index (κ2) is 9.02. The van der Waals surface area contributed by atoms with Gasteiger partial charge in [-0.05, 0) is 19.9 Å². The van der Waals surface area contributed by atoms with Crippen LogP contribution in [0.15, 0.2) is 12.4 Å². The minimum atomic E-state index is -4.47. The van der Waals surface area contributed by atoms with Crippen LogP contribution in [-0.2, 0) is 15.7 Å². The van der Waals surface area contributed by atoms with Crippen LogP contribution in [0.1, 0.15) is 18.9 Å². The third kappa shape index (κ3) is 5.49. The molecular weight excluding hydrogens is 405 g/mol. The van der Waals surface area contributed by atoms with E-state index in [2.05, 4.69) is 14.9 Å². The van der Waals surface area contributed by atoms with Crippen molar-refractivity contribution in [2.75, 3.05) is 50.7 Å². The van der Waals surface area contributed by atoms with E-state index in [0.29, 0.717) is 39.3 Å². The number of rotatable bonds is 5. The van der Waals surface area contributed by atoms with Crippen LogP contribution in [0.4, 0.5) is 23.9 Å². The van der Waals surface area contributed by atoms with Crippen molar-refractivity contribution in [1.82, 2.24) is 19.8 Å². The van der Waals surface area contributed by atoms with Crippen LogP contribution < -0.4 is 10.6 Å². The molecule has 3 heterocycles. The van der Waals surface area contributed by atoms with Crippen molar-refractivity contribution in [2.45, 2.75) is 25.6 Å². The lowest BCUT2D eigenvalue weighted by Crippen LogP contribution is -2.51. The van der Waals surface area contributed by atoms with Crippen LogP contribution >= 0.6 is 0 Å². The second-order valence-corrected chi connectivity index (χ2v) is 7.57. The number of piperazine rings is 1. The van der Waals surface area contributed by atoms with E-state index in [1.807, 2.05) is 0 Å². The molecule has 2 atom stereocenters. The maximum atomic E-state index is 12.8. The molecule has 0 bridgehead atoms. The molecule has 2 saturated heterocycles. The quantitative estimate of drug-likeness (QED) is 0.742. The van der Waals surface area contributed by atoms with Gasteiger partial charge in [0.1, 0.15) is 6.10 Å². The van der Waals surface area contributed by atoms with E-state index in [1.165, 1.54) is 0 Å². The lowest BCUT2D eigenvalue weighted by atomic mass is 10.1. The average Bonchev–Trinajstić information content (AvgIpc) is 3.14. The molecule has 0 radical (unpaired) electrons. The van der Waals surface area contributed by atoms with Gasteiger partial charge in [0, 0.05) is 51.7 Å². The predicted octanol–water partition coefficient (Wildman–Crippen LogP) is 0.950. The van der Waals surface area contributed by atoms with Crippen molar-refractivity contribution < 1.29 is 27.5 Å². The number of amides is 2. The van der Waals surface area contributed by atoms with Crippen LogP contribution in [0.2, 0.25) is 0 Å². The van der Waals surface area contributed by atoms with Gasteiger partial charge < -0.3 is 20.3 Å². The fraction of sp³-hybridized carbons (Fsp3) is 0.667. The highest BCUT2D eigenvalue weighted by Crippen LogP contribution is 2.28. The molecule has 2 amide bonds. The first-order valence-corrected chi connectivity index (χ1v) is 9.75. The molecule has 0 aromatic carbocycles. The Morgan fingerprint density at radius 2 is 1.83 bits per heavy atom. The third-order valence-corrected chi connectivity index (χ3v) is 5.29. The number of nitrogens with two attached hydrogens (primary N) is 1. The van der Waals surface area contributed by atoms with Gasteiger partial charge in [-0.1, -0.05) is 0 Å². The van der Waals surface area contributed by atoms with Crippen LogP contribution in [0, 0.1) is 5.92 Å². The Morgan fingerprint density at radius 1 is 1.20 bits per heavy atom. The van der Waals surface area contributed by atoms with Gasteiger partial charge in [0.25, 0.3) is 0 Å². The zero-order chi connectivity index (χ0) is 21.9. The van der Waals surface area contributed by atoms with Crippen molar-refractivity contribution in [3.05, 3.63) is 18.0 Å². The first-order chi connectivity index (χ1) is 14.1. The number of aromatic nitrogens is 2. The Morgan fingerprint density at radius 3 is 2.40 bits per heavy atom. The van der Waals surface area contributed by atoms with E-state index < -0.39 is 17.8 Å². The van der Waals surface area contributed by atoms with E-state index in [4.69, 9.17) is 10.5 Å². The topological polar surface area (TPSA) is 105 Å². The highest BCUT2D eigenvalue weighted by molar-refractivity contribution is 5.79. The van der Waals surface area contributed by atoms with Gasteiger partial charge in [0.05, 0.1) is 11.5 Å². The molecule has 166 valence electrons. The maximum Gasteiger partial charge on any atom is 0.419 e. The molecule has 1 aromatic heterocycles. The van der Waals surface area contributed by atoms with E-state index in [9.17, 15) is 22.8 Å². The van der Waals surface area contributed by atoms with Gasteiger partial charge in [0.2, 0.25) is 11.9 Å². The molecule has 1 aromatic rings. The molecule has 2 aliphatic heterocycles. The number of hydrogen-bond donors (Lipinski definition) is 1. The molecule has 3 rings (SSSR count). The first-order valence-electron chi connectivity index (χ1n) is 9.75. The zero-order valence-corrected chi connectivity index (χ0v) is 16.6. The molecule has 0 saturated carbocycles. The molecular formula is C18H25F3N6O3. The number of hydrogen-bond acceptors (Lipinski definition) is 7. The molecule has 2 N–H and O–H groups in total. The Labute approximate surface area is 172 Å². The molecule has 2 fully saturated rings. The number of anilines is 1. The summed E-state index contributed by atoms with van der Waals surface area (Å²) in [4.78, 5) is 36.9. The van der Waals surface area contributed by atoms with E-state index in [-0.39, 0.29) is 23.9 Å². The minimum absolute atomic E-state index is 0.0639. The summed E-state index contributed by atoms with van der Waals surface area (Å²) in [5, 5.41) is 0. The van der Waals surface area contributed by atoms with E-state index >= 15 is 0 Å². The standard InChI is InChI=1S/C18H25F3N6O3/c1-12(30-16(22)29)10-25-3-2-13(11-25)15(28)26-4-6-27(7-5-26)17-23-8-14(9-24-17)18(19,20)21/h8-9,12-13H,2-7,10-11H2,1H3,(H2,22,29)/t12?,13-/m1/s1. The van der Waals surface area contributed by atoms with Crippen molar-refractivity contribution in [3.8, 4) is 0 Å². The summed E-state index contributed by atoms with van der Waals surface area (Å²) in [6, 6.07) is 0. The van der Waals surface area contributed by atoms with Gasteiger partial charge in [-0.25, -0.2) is 14.8 Å². The van der Waals surface area contributed by atoms with Gasteiger partial charge in [-0.3, -0.25) is 9.69 Å². The normalized spacial score (nSPS) is 21.5. The van der Waals surface area contributed by atoms with Crippen LogP contribution in [0.5, 0.6) is 0 Å². The van der Waals surface area contributed by atoms with Crippen molar-refractivity contribution in [1.29, 1.82) is 0 Å².